The van der Waals surface area contributed by atoms with E-state index in [1.807, 2.05) is 19.9 Å². The van der Waals surface area contributed by atoms with Gasteiger partial charge >= 0.3 is 13.7 Å². The Kier molecular flexibility index (Phi) is 12.1. The van der Waals surface area contributed by atoms with E-state index in [9.17, 15) is 24.8 Å². The average molecular weight is 660 g/mol. The summed E-state index contributed by atoms with van der Waals surface area (Å²) >= 11 is 0. The first kappa shape index (κ1) is 35.2. The number of nitrogens with zero attached hydrogens (tertiary/aromatic N) is 4. The maximum atomic E-state index is 14.4. The smallest absolute Gasteiger partial charge is 0.459 e. The van der Waals surface area contributed by atoms with Gasteiger partial charge in [0.2, 0.25) is 5.60 Å². The molecule has 46 heavy (non-hydrogen) atoms. The van der Waals surface area contributed by atoms with Crippen molar-refractivity contribution in [3.63, 3.8) is 0 Å². The molecular formula is C30H42N7O8P. The first-order chi connectivity index (χ1) is 22.1. The second kappa shape index (κ2) is 15.8. The highest BCUT2D eigenvalue weighted by molar-refractivity contribution is 7.52. The van der Waals surface area contributed by atoms with Crippen molar-refractivity contribution < 1.29 is 38.1 Å². The third-order valence-corrected chi connectivity index (χ3v) is 9.57. The Labute approximate surface area is 267 Å². The van der Waals surface area contributed by atoms with Gasteiger partial charge in [0.1, 0.15) is 54.6 Å². The molecule has 3 aromatic rings. The zero-order chi connectivity index (χ0) is 33.3. The summed E-state index contributed by atoms with van der Waals surface area (Å²) in [7, 11) is -4.49. The number of fused-ring (bicyclic) bond motifs is 1. The lowest BCUT2D eigenvalue weighted by atomic mass is 9.96. The number of anilines is 1. The van der Waals surface area contributed by atoms with Crippen molar-refractivity contribution in [1.82, 2.24) is 19.7 Å². The van der Waals surface area contributed by atoms with Crippen LogP contribution in [0.2, 0.25) is 0 Å². The number of hydrogen-bond donors (Lipinski definition) is 5. The number of carbonyl (C=O) groups excluding carboxylic acids is 1. The van der Waals surface area contributed by atoms with Crippen LogP contribution in [0.4, 0.5) is 5.82 Å². The van der Waals surface area contributed by atoms with Crippen LogP contribution in [0, 0.1) is 17.2 Å². The van der Waals surface area contributed by atoms with Gasteiger partial charge in [-0.15, -0.1) is 0 Å². The minimum atomic E-state index is -4.49. The van der Waals surface area contributed by atoms with Crippen LogP contribution < -0.4 is 21.1 Å². The second-order valence-electron chi connectivity index (χ2n) is 11.1. The Morgan fingerprint density at radius 3 is 2.63 bits per heavy atom. The number of aliphatic hydroxyl groups excluding tert-OH is 2. The predicted molar refractivity (Wildman–Crippen MR) is 167 cm³/mol. The van der Waals surface area contributed by atoms with Crippen LogP contribution in [-0.4, -0.2) is 74.4 Å². The predicted octanol–water partition coefficient (Wildman–Crippen LogP) is 2.64. The van der Waals surface area contributed by atoms with Crippen molar-refractivity contribution in [1.29, 1.82) is 5.26 Å². The van der Waals surface area contributed by atoms with Crippen molar-refractivity contribution in [3.8, 4) is 11.8 Å². The fourth-order valence-corrected chi connectivity index (χ4v) is 6.67. The first-order valence-electron chi connectivity index (χ1n) is 15.3. The highest BCUT2D eigenvalue weighted by Crippen LogP contribution is 2.48. The number of aliphatic hydroxyl groups is 2. The molecule has 0 spiro atoms. The van der Waals surface area contributed by atoms with Crippen molar-refractivity contribution in [2.24, 2.45) is 11.7 Å². The lowest BCUT2D eigenvalue weighted by Gasteiger charge is -2.29. The minimum Gasteiger partial charge on any atom is -0.464 e. The van der Waals surface area contributed by atoms with Crippen molar-refractivity contribution in [3.05, 3.63) is 54.5 Å². The van der Waals surface area contributed by atoms with Gasteiger partial charge in [-0.1, -0.05) is 51.3 Å². The van der Waals surface area contributed by atoms with E-state index in [2.05, 4.69) is 15.2 Å². The van der Waals surface area contributed by atoms with E-state index in [0.717, 1.165) is 12.8 Å². The molecule has 250 valence electrons. The molecule has 0 aliphatic carbocycles. The number of ether oxygens (including phenoxy) is 2. The fraction of sp³-hybridized carbons (Fsp3) is 0.533. The standard InChI is InChI=1S/C30H42N7O8P/c1-3-20(4-2)16-42-29(40)22(12-8-9-15-31)36-46(41,45-21-10-6-5-7-11-21)43-18-30(17-32)27(39)25(38)26(44-30)23-13-14-24-28(33)34-19-35-37(23)24/h5-7,10-11,13-14,19-20,22,25-27,38-39H,3-4,8-9,12,15-16,18,31H2,1-2H3,(H,36,41)(H2,33,34,35)/t22-,25-,26-,27-,30+,46?/m0/s1. The number of unbranched alkanes of at least 4 members (excludes halogenated alkanes) is 1. The summed E-state index contributed by atoms with van der Waals surface area (Å²) in [6.07, 6.45) is -0.487. The maximum Gasteiger partial charge on any atom is 0.459 e. The molecule has 16 heteroatoms. The Morgan fingerprint density at radius 2 is 1.96 bits per heavy atom. The van der Waals surface area contributed by atoms with Gasteiger partial charge in [0.15, 0.2) is 5.82 Å². The largest absolute Gasteiger partial charge is 0.464 e. The Hall–Kier alpha value is -3.61. The number of carbonyl (C=O) groups is 1. The van der Waals surface area contributed by atoms with Gasteiger partial charge in [-0.2, -0.15) is 15.4 Å². The van der Waals surface area contributed by atoms with Crippen LogP contribution in [-0.2, 0) is 23.4 Å². The number of nitrogen functional groups attached to an aromatic ring is 1. The molecule has 3 heterocycles. The molecule has 1 unspecified atom stereocenters. The molecule has 0 saturated carbocycles. The molecule has 4 rings (SSSR count). The van der Waals surface area contributed by atoms with Gasteiger partial charge < -0.3 is 35.7 Å². The molecule has 6 atom stereocenters. The summed E-state index contributed by atoms with van der Waals surface area (Å²) in [6, 6.07) is 12.1. The highest BCUT2D eigenvalue weighted by Gasteiger charge is 2.57. The number of esters is 1. The maximum absolute atomic E-state index is 14.4. The summed E-state index contributed by atoms with van der Waals surface area (Å²) in [5.41, 5.74) is 10.1. The molecule has 1 aromatic carbocycles. The fourth-order valence-electron chi connectivity index (χ4n) is 5.11. The van der Waals surface area contributed by atoms with Crippen LogP contribution in [0.1, 0.15) is 57.7 Å². The summed E-state index contributed by atoms with van der Waals surface area (Å²) < 4.78 is 38.9. The molecule has 1 saturated heterocycles. The highest BCUT2D eigenvalue weighted by atomic mass is 31.2. The SMILES string of the molecule is CCC(CC)COC(=O)[C@H](CCCCN)NP(=O)(OC[C@@]1(C#N)O[C@@H](c2ccc3c(N)ncnn23)[C@H](O)[C@@H]1O)Oc1ccccc1. The number of hydrogen-bond acceptors (Lipinski definition) is 13. The summed E-state index contributed by atoms with van der Waals surface area (Å²) in [6.45, 7) is 3.77. The second-order valence-corrected chi connectivity index (χ2v) is 12.8. The summed E-state index contributed by atoms with van der Waals surface area (Å²) in [5, 5.41) is 39.2. The molecule has 1 aliphatic heterocycles. The molecule has 0 radical (unpaired) electrons. The van der Waals surface area contributed by atoms with E-state index in [4.69, 9.17) is 30.0 Å². The summed E-state index contributed by atoms with van der Waals surface area (Å²) in [5.74, 6) is -0.158. The summed E-state index contributed by atoms with van der Waals surface area (Å²) in [4.78, 5) is 17.2. The van der Waals surface area contributed by atoms with Crippen LogP contribution >= 0.6 is 7.75 Å². The number of benzene rings is 1. The van der Waals surface area contributed by atoms with Crippen LogP contribution in [0.25, 0.3) is 5.52 Å². The molecule has 1 aliphatic rings. The number of nitrogens with one attached hydrogen (secondary N) is 1. The lowest BCUT2D eigenvalue weighted by Crippen LogP contribution is -2.46. The van der Waals surface area contributed by atoms with E-state index < -0.39 is 50.3 Å². The third kappa shape index (κ3) is 8.02. The third-order valence-electron chi connectivity index (χ3n) is 8.02. The molecule has 7 N–H and O–H groups in total. The average Bonchev–Trinajstić information content (AvgIpc) is 3.60. The number of aromatic nitrogens is 3. The minimum absolute atomic E-state index is 0.151. The van der Waals surface area contributed by atoms with E-state index in [1.165, 1.54) is 10.8 Å². The van der Waals surface area contributed by atoms with E-state index >= 15 is 0 Å². The van der Waals surface area contributed by atoms with E-state index in [1.54, 1.807) is 42.5 Å². The van der Waals surface area contributed by atoms with Gasteiger partial charge in [0.05, 0.1) is 12.3 Å². The topological polar surface area (TPSA) is 230 Å². The molecule has 0 bridgehead atoms. The Morgan fingerprint density at radius 1 is 1.22 bits per heavy atom. The Balaban J connectivity index is 1.60. The lowest BCUT2D eigenvalue weighted by molar-refractivity contribution is -0.147. The van der Waals surface area contributed by atoms with E-state index in [-0.39, 0.29) is 36.2 Å². The quantitative estimate of drug-likeness (QED) is 0.0797. The molecule has 0 amide bonds. The van der Waals surface area contributed by atoms with Crippen molar-refractivity contribution >= 4 is 25.1 Å². The number of nitrogens with two attached hydrogens (primary N) is 2. The van der Waals surface area contributed by atoms with Crippen LogP contribution in [0.5, 0.6) is 5.75 Å². The number of nitriles is 1. The molecule has 15 nitrogen and oxygen atoms in total. The van der Waals surface area contributed by atoms with E-state index in [0.29, 0.717) is 24.9 Å². The number of para-hydroxylation sites is 1. The van der Waals surface area contributed by atoms with Crippen molar-refractivity contribution in [2.75, 3.05) is 25.5 Å². The van der Waals surface area contributed by atoms with Gasteiger partial charge in [0, 0.05) is 0 Å². The van der Waals surface area contributed by atoms with Crippen LogP contribution in [0.15, 0.2) is 48.8 Å². The number of rotatable bonds is 17. The molecular weight excluding hydrogens is 617 g/mol. The van der Waals surface area contributed by atoms with Crippen LogP contribution in [0.3, 0.4) is 0 Å². The van der Waals surface area contributed by atoms with Gasteiger partial charge in [0.25, 0.3) is 0 Å². The van der Waals surface area contributed by atoms with Gasteiger partial charge in [-0.3, -0.25) is 9.32 Å². The Bertz CT molecular complexity index is 1530. The molecule has 1 fully saturated rings. The first-order valence-corrected chi connectivity index (χ1v) is 16.8. The molecule has 2 aromatic heterocycles. The monoisotopic (exact) mass is 659 g/mol. The zero-order valence-electron chi connectivity index (χ0n) is 25.9. The zero-order valence-corrected chi connectivity index (χ0v) is 26.8. The van der Waals surface area contributed by atoms with Gasteiger partial charge in [-0.25, -0.2) is 14.1 Å². The van der Waals surface area contributed by atoms with Crippen molar-refractivity contribution in [2.45, 2.75) is 75.9 Å². The normalized spacial score (nSPS) is 23.2. The van der Waals surface area contributed by atoms with Gasteiger partial charge in [-0.05, 0) is 49.6 Å².